The quantitative estimate of drug-likeness (QED) is 0.681. The molecule has 1 N–H and O–H groups in total. The van der Waals surface area contributed by atoms with Gasteiger partial charge < -0.3 is 4.74 Å². The van der Waals surface area contributed by atoms with E-state index in [1.807, 2.05) is 42.5 Å². The lowest BCUT2D eigenvalue weighted by Gasteiger charge is -2.30. The highest BCUT2D eigenvalue weighted by Crippen LogP contribution is 2.25. The van der Waals surface area contributed by atoms with Crippen LogP contribution in [0.5, 0.6) is 0 Å². The molecule has 1 amide bonds. The number of nitrogens with one attached hydrogen (secondary N) is 1. The smallest absolute Gasteiger partial charge is 0.413 e. The van der Waals surface area contributed by atoms with Crippen LogP contribution in [0.25, 0.3) is 0 Å². The molecule has 0 saturated carbocycles. The van der Waals surface area contributed by atoms with Gasteiger partial charge in [0.1, 0.15) is 0 Å². The highest BCUT2D eigenvalue weighted by atomic mass is 35.5. The summed E-state index contributed by atoms with van der Waals surface area (Å²) in [7, 11) is -3.09. The number of nitrogens with zero attached hydrogens (tertiary/aromatic N) is 1. The molecule has 2 aromatic rings. The summed E-state index contributed by atoms with van der Waals surface area (Å²) >= 11 is 6.12. The van der Waals surface area contributed by atoms with E-state index < -0.39 is 21.7 Å². The minimum Gasteiger partial charge on any atom is -0.425 e. The number of hydrogen-bond acceptors (Lipinski definition) is 4. The van der Waals surface area contributed by atoms with Crippen molar-refractivity contribution in [2.45, 2.75) is 24.8 Å². The molecule has 0 bridgehead atoms. The first-order chi connectivity index (χ1) is 13.8. The van der Waals surface area contributed by atoms with Crippen LogP contribution in [-0.4, -0.2) is 38.2 Å². The number of amides is 1. The van der Waals surface area contributed by atoms with Gasteiger partial charge >= 0.3 is 6.09 Å². The number of ether oxygens (including phenoxy) is 1. The van der Waals surface area contributed by atoms with Crippen LogP contribution >= 0.6 is 11.6 Å². The van der Waals surface area contributed by atoms with Crippen LogP contribution in [-0.2, 0) is 21.2 Å². The number of hydrogen-bond donors (Lipinski definition) is 1. The van der Waals surface area contributed by atoms with Crippen molar-refractivity contribution >= 4 is 33.4 Å². The van der Waals surface area contributed by atoms with Crippen molar-refractivity contribution in [1.29, 1.82) is 0 Å². The van der Waals surface area contributed by atoms with Gasteiger partial charge in [0.25, 0.3) is 0 Å². The molecule has 1 unspecified atom stereocenters. The number of rotatable bonds is 6. The van der Waals surface area contributed by atoms with E-state index >= 15 is 0 Å². The Labute approximate surface area is 176 Å². The zero-order valence-corrected chi connectivity index (χ0v) is 17.8. The predicted molar refractivity (Wildman–Crippen MR) is 114 cm³/mol. The van der Waals surface area contributed by atoms with E-state index in [-0.39, 0.29) is 0 Å². The van der Waals surface area contributed by atoms with Crippen molar-refractivity contribution < 1.29 is 17.9 Å². The third kappa shape index (κ3) is 6.45. The zero-order chi connectivity index (χ0) is 20.9. The molecule has 29 heavy (non-hydrogen) atoms. The van der Waals surface area contributed by atoms with Crippen LogP contribution in [0.1, 0.15) is 29.5 Å². The average Bonchev–Trinajstić information content (AvgIpc) is 2.70. The highest BCUT2D eigenvalue weighted by Gasteiger charge is 2.24. The molecule has 0 aliphatic carbocycles. The molecule has 3 rings (SSSR count). The molecule has 6 nitrogen and oxygen atoms in total. The number of carbonyl (C=O) groups excluding carboxylic acids is 1. The van der Waals surface area contributed by atoms with Crippen molar-refractivity contribution in [2.24, 2.45) is 5.92 Å². The highest BCUT2D eigenvalue weighted by molar-refractivity contribution is 7.88. The standard InChI is InChI=1S/C21H25ClN2O4S/c1-29(26,27)24-13-11-17(12-14-24)15-16-7-9-19(10-8-16)23-21(25)28-20(22)18-5-3-2-4-6-18/h2-10,17,20H,11-15H2,1H3,(H,23,25). The summed E-state index contributed by atoms with van der Waals surface area (Å²) in [6.07, 6.45) is 3.25. The fourth-order valence-electron chi connectivity index (χ4n) is 3.42. The van der Waals surface area contributed by atoms with Crippen molar-refractivity contribution in [1.82, 2.24) is 4.31 Å². The Morgan fingerprint density at radius 2 is 1.76 bits per heavy atom. The Balaban J connectivity index is 1.47. The minimum absolute atomic E-state index is 0.458. The summed E-state index contributed by atoms with van der Waals surface area (Å²) in [5.41, 5.74) is 1.64. The van der Waals surface area contributed by atoms with Crippen LogP contribution in [0.4, 0.5) is 10.5 Å². The van der Waals surface area contributed by atoms with Crippen LogP contribution < -0.4 is 5.32 Å². The van der Waals surface area contributed by atoms with E-state index in [0.29, 0.717) is 30.3 Å². The van der Waals surface area contributed by atoms with E-state index in [2.05, 4.69) is 5.32 Å². The monoisotopic (exact) mass is 436 g/mol. The fourth-order valence-corrected chi connectivity index (χ4v) is 4.52. The topological polar surface area (TPSA) is 75.7 Å². The lowest BCUT2D eigenvalue weighted by molar-refractivity contribution is 0.148. The number of sulfonamides is 1. The number of anilines is 1. The molecule has 1 atom stereocenters. The number of piperidine rings is 1. The molecule has 0 radical (unpaired) electrons. The van der Waals surface area contributed by atoms with Gasteiger partial charge in [-0.05, 0) is 42.9 Å². The molecule has 156 valence electrons. The number of benzene rings is 2. The van der Waals surface area contributed by atoms with Gasteiger partial charge in [0.15, 0.2) is 0 Å². The van der Waals surface area contributed by atoms with Crippen LogP contribution in [0.3, 0.4) is 0 Å². The SMILES string of the molecule is CS(=O)(=O)N1CCC(Cc2ccc(NC(=O)OC(Cl)c3ccccc3)cc2)CC1. The zero-order valence-electron chi connectivity index (χ0n) is 16.3. The van der Waals surface area contributed by atoms with E-state index in [0.717, 1.165) is 24.8 Å². The van der Waals surface area contributed by atoms with Gasteiger partial charge in [0, 0.05) is 24.3 Å². The maximum absolute atomic E-state index is 12.0. The normalized spacial score (nSPS) is 16.9. The molecule has 1 heterocycles. The molecular weight excluding hydrogens is 412 g/mol. The van der Waals surface area contributed by atoms with Crippen molar-refractivity contribution in [2.75, 3.05) is 24.7 Å². The van der Waals surface area contributed by atoms with Gasteiger partial charge in [-0.25, -0.2) is 17.5 Å². The maximum Gasteiger partial charge on any atom is 0.413 e. The number of halogens is 1. The van der Waals surface area contributed by atoms with E-state index in [4.69, 9.17) is 16.3 Å². The Morgan fingerprint density at radius 3 is 2.34 bits per heavy atom. The average molecular weight is 437 g/mol. The fraction of sp³-hybridized carbons (Fsp3) is 0.381. The summed E-state index contributed by atoms with van der Waals surface area (Å²) in [4.78, 5) is 12.0. The van der Waals surface area contributed by atoms with Gasteiger partial charge in [-0.1, -0.05) is 54.1 Å². The summed E-state index contributed by atoms with van der Waals surface area (Å²) in [5.74, 6) is 0.458. The predicted octanol–water partition coefficient (Wildman–Crippen LogP) is 4.39. The first-order valence-corrected chi connectivity index (χ1v) is 11.8. The largest absolute Gasteiger partial charge is 0.425 e. The molecule has 1 aliphatic heterocycles. The summed E-state index contributed by atoms with van der Waals surface area (Å²) in [6, 6.07) is 16.7. The van der Waals surface area contributed by atoms with Crippen molar-refractivity contribution in [3.05, 3.63) is 65.7 Å². The number of alkyl halides is 1. The Kier molecular flexibility index (Phi) is 7.16. The first kappa shape index (κ1) is 21.6. The summed E-state index contributed by atoms with van der Waals surface area (Å²) in [5, 5.41) is 2.68. The molecular formula is C21H25ClN2O4S. The van der Waals surface area contributed by atoms with Gasteiger partial charge in [-0.15, -0.1) is 0 Å². The first-order valence-electron chi connectivity index (χ1n) is 9.52. The second-order valence-corrected chi connectivity index (χ2v) is 9.64. The molecule has 1 fully saturated rings. The second kappa shape index (κ2) is 9.61. The number of carbonyl (C=O) groups is 1. The van der Waals surface area contributed by atoms with Gasteiger partial charge in [-0.3, -0.25) is 5.32 Å². The third-order valence-electron chi connectivity index (χ3n) is 5.04. The summed E-state index contributed by atoms with van der Waals surface area (Å²) in [6.45, 7) is 1.16. The van der Waals surface area contributed by atoms with E-state index in [9.17, 15) is 13.2 Å². The Bertz CT molecular complexity index is 911. The van der Waals surface area contributed by atoms with Crippen molar-refractivity contribution in [3.8, 4) is 0 Å². The van der Waals surface area contributed by atoms with E-state index in [1.165, 1.54) is 6.26 Å². The minimum atomic E-state index is -3.09. The third-order valence-corrected chi connectivity index (χ3v) is 6.68. The molecule has 2 aromatic carbocycles. The Hall–Kier alpha value is -2.09. The molecule has 1 aliphatic rings. The van der Waals surface area contributed by atoms with Crippen LogP contribution in [0.2, 0.25) is 0 Å². The summed E-state index contributed by atoms with van der Waals surface area (Å²) < 4.78 is 29.9. The van der Waals surface area contributed by atoms with Gasteiger partial charge in [0.05, 0.1) is 6.26 Å². The molecule has 0 spiro atoms. The van der Waals surface area contributed by atoms with E-state index in [1.54, 1.807) is 16.4 Å². The van der Waals surface area contributed by atoms with Crippen molar-refractivity contribution in [3.63, 3.8) is 0 Å². The lowest BCUT2D eigenvalue weighted by atomic mass is 9.91. The van der Waals surface area contributed by atoms with Crippen LogP contribution in [0, 0.1) is 5.92 Å². The van der Waals surface area contributed by atoms with Gasteiger partial charge in [-0.2, -0.15) is 0 Å². The Morgan fingerprint density at radius 1 is 1.14 bits per heavy atom. The maximum atomic E-state index is 12.0. The molecule has 8 heteroatoms. The van der Waals surface area contributed by atoms with Crippen LogP contribution in [0.15, 0.2) is 54.6 Å². The second-order valence-electron chi connectivity index (χ2n) is 7.26. The lowest BCUT2D eigenvalue weighted by Crippen LogP contribution is -2.38. The van der Waals surface area contributed by atoms with Gasteiger partial charge in [0.2, 0.25) is 15.6 Å². The molecule has 1 saturated heterocycles. The molecule has 0 aromatic heterocycles.